The standard InChI is InChI=1S/C24H22ClN5O2S2.C18H16BrClN4S.3C2HF3O2/c1-30-24-21(22(29-30)20-5-3-4-8-27-20)23(33-10-9-28-24)18-7-6-15(12-19(18)25)16-11-17(14-26-13-16)34(2,31)32;1-24-18-15(16(23-24)14-4-2-3-7-21-14)17(25-9-8-22-18)12-6-5-11(19)10-13(12)20;3*3-2(4,5)1(6)7/h3-8,11-14,23,28H,9-10H2,1-2H3;2-7,10,17,22H,8-9H2,1H3;3*(H,6,7). The maximum atomic E-state index is 12.0. The molecule has 7 heterocycles. The normalized spacial score (nSPS) is 15.0. The number of aliphatic carboxylic acids is 3. The molecule has 0 fully saturated rings. The average Bonchev–Trinajstić information content (AvgIpc) is 3.71. The number of fused-ring (bicyclic) bond motifs is 2. The van der Waals surface area contributed by atoms with E-state index in [9.17, 15) is 47.9 Å². The van der Waals surface area contributed by atoms with Crippen LogP contribution in [0.2, 0.25) is 10.0 Å². The minimum absolute atomic E-state index is 0.0438. The summed E-state index contributed by atoms with van der Waals surface area (Å²) in [5.74, 6) is -4.38. The van der Waals surface area contributed by atoms with Gasteiger partial charge in [0.1, 0.15) is 23.0 Å². The maximum absolute atomic E-state index is 12.0. The number of rotatable bonds is 6. The highest BCUT2D eigenvalue weighted by molar-refractivity contribution is 9.10. The van der Waals surface area contributed by atoms with E-state index in [0.29, 0.717) is 10.6 Å². The van der Waals surface area contributed by atoms with Crippen molar-refractivity contribution in [2.45, 2.75) is 33.9 Å². The highest BCUT2D eigenvalue weighted by Gasteiger charge is 2.40. The zero-order valence-corrected chi connectivity index (χ0v) is 46.6. The van der Waals surface area contributed by atoms with Gasteiger partial charge in [-0.05, 0) is 65.2 Å². The highest BCUT2D eigenvalue weighted by atomic mass is 79.9. The van der Waals surface area contributed by atoms with Crippen LogP contribution in [-0.2, 0) is 38.3 Å². The van der Waals surface area contributed by atoms with Crippen molar-refractivity contribution < 1.29 is 77.6 Å². The van der Waals surface area contributed by atoms with Crippen LogP contribution in [0.25, 0.3) is 33.9 Å². The summed E-state index contributed by atoms with van der Waals surface area (Å²) in [6, 6.07) is 25.2. The third-order valence-corrected chi connectivity index (χ3v) is 15.3. The fraction of sp³-hybridized carbons (Fsp3) is 0.250. The Morgan fingerprint density at radius 3 is 1.41 bits per heavy atom. The number of nitrogens with zero attached hydrogens (tertiary/aromatic N) is 7. The molecule has 5 aromatic heterocycles. The van der Waals surface area contributed by atoms with Crippen molar-refractivity contribution in [3.63, 3.8) is 0 Å². The predicted octanol–water partition coefficient (Wildman–Crippen LogP) is 11.9. The van der Waals surface area contributed by atoms with Crippen molar-refractivity contribution in [3.05, 3.63) is 140 Å². The molecule has 9 rings (SSSR count). The first-order valence-corrected chi connectivity index (χ1v) is 27.8. The number of pyridine rings is 3. The number of halogens is 12. The molecule has 2 aromatic carbocycles. The van der Waals surface area contributed by atoms with Crippen molar-refractivity contribution in [2.24, 2.45) is 14.1 Å². The number of hydrogen-bond donors (Lipinski definition) is 5. The SMILES string of the molecule is Cn1nc(-c2ccccn2)c2c1NCCSC2c1ccc(-c2cncc(S(C)(=O)=O)c2)cc1Cl.Cn1nc(-c2ccccn2)c2c1NCCSC2c1ccc(Br)cc1Cl.O=C(O)C(F)(F)F.O=C(O)C(F)(F)F.O=C(O)C(F)(F)F. The monoisotopic (exact) mass is 1290 g/mol. The van der Waals surface area contributed by atoms with Crippen molar-refractivity contribution in [1.82, 2.24) is 34.5 Å². The first-order chi connectivity index (χ1) is 37.3. The Labute approximate surface area is 475 Å². The molecule has 428 valence electrons. The molecule has 0 aliphatic carbocycles. The van der Waals surface area contributed by atoms with Crippen molar-refractivity contribution >= 4 is 102 Å². The lowest BCUT2D eigenvalue weighted by Gasteiger charge is -2.18. The van der Waals surface area contributed by atoms with E-state index in [2.05, 4.69) is 47.6 Å². The number of carboxylic acid groups (broad SMARTS) is 3. The number of sulfone groups is 1. The van der Waals surface area contributed by atoms with Gasteiger partial charge >= 0.3 is 36.4 Å². The Kier molecular flexibility index (Phi) is 21.9. The van der Waals surface area contributed by atoms with E-state index in [1.54, 1.807) is 36.4 Å². The summed E-state index contributed by atoms with van der Waals surface area (Å²) < 4.78 is 124. The first kappa shape index (κ1) is 64.2. The number of carbonyl (C=O) groups is 3. The summed E-state index contributed by atoms with van der Waals surface area (Å²) >= 11 is 20.6. The van der Waals surface area contributed by atoms with Crippen LogP contribution >= 0.6 is 62.7 Å². The summed E-state index contributed by atoms with van der Waals surface area (Å²) in [6.45, 7) is 1.71. The lowest BCUT2D eigenvalue weighted by Crippen LogP contribution is -2.21. The molecule has 5 N–H and O–H groups in total. The van der Waals surface area contributed by atoms with Gasteiger partial charge in [0.05, 0.1) is 26.8 Å². The van der Waals surface area contributed by atoms with Gasteiger partial charge < -0.3 is 26.0 Å². The van der Waals surface area contributed by atoms with Gasteiger partial charge in [0, 0.05) is 101 Å². The Bertz CT molecular complexity index is 3380. The van der Waals surface area contributed by atoms with Gasteiger partial charge in [-0.25, -0.2) is 22.8 Å². The van der Waals surface area contributed by atoms with Gasteiger partial charge in [0.15, 0.2) is 9.84 Å². The Morgan fingerprint density at radius 1 is 0.637 bits per heavy atom. The van der Waals surface area contributed by atoms with Gasteiger partial charge in [0.25, 0.3) is 0 Å². The molecule has 0 amide bonds. The van der Waals surface area contributed by atoms with Gasteiger partial charge in [-0.3, -0.25) is 24.3 Å². The second kappa shape index (κ2) is 27.2. The minimum Gasteiger partial charge on any atom is -0.475 e. The van der Waals surface area contributed by atoms with Crippen molar-refractivity contribution in [1.29, 1.82) is 0 Å². The van der Waals surface area contributed by atoms with E-state index in [0.717, 1.165) is 96.3 Å². The summed E-state index contributed by atoms with van der Waals surface area (Å²) in [7, 11) is 0.539. The molecule has 32 heteroatoms. The lowest BCUT2D eigenvalue weighted by molar-refractivity contribution is -0.193. The number of anilines is 2. The molecular weight excluding hydrogens is 1250 g/mol. The summed E-state index contributed by atoms with van der Waals surface area (Å²) in [5.41, 5.74) is 9.20. The van der Waals surface area contributed by atoms with Crippen LogP contribution < -0.4 is 10.6 Å². The second-order valence-electron chi connectivity index (χ2n) is 16.2. The van der Waals surface area contributed by atoms with E-state index in [4.69, 9.17) is 63.1 Å². The molecule has 17 nitrogen and oxygen atoms in total. The van der Waals surface area contributed by atoms with Crippen LogP contribution in [0.4, 0.5) is 51.1 Å². The Balaban J connectivity index is 0.000000221. The summed E-state index contributed by atoms with van der Waals surface area (Å²) in [6.07, 6.45) is -7.51. The number of carboxylic acids is 3. The molecule has 0 radical (unpaired) electrons. The quantitative estimate of drug-likeness (QED) is 0.0972. The van der Waals surface area contributed by atoms with Crippen LogP contribution in [0.3, 0.4) is 0 Å². The second-order valence-corrected chi connectivity index (χ2v) is 22.4. The molecule has 2 aliphatic rings. The van der Waals surface area contributed by atoms with Crippen molar-refractivity contribution in [2.75, 3.05) is 41.5 Å². The zero-order valence-electron chi connectivity index (χ0n) is 41.1. The fourth-order valence-electron chi connectivity index (χ4n) is 7.14. The van der Waals surface area contributed by atoms with Crippen LogP contribution in [-0.4, -0.2) is 126 Å². The largest absolute Gasteiger partial charge is 0.490 e. The van der Waals surface area contributed by atoms with E-state index in [1.807, 2.05) is 102 Å². The zero-order chi connectivity index (χ0) is 59.5. The Morgan fingerprint density at radius 2 is 1.05 bits per heavy atom. The molecule has 0 spiro atoms. The summed E-state index contributed by atoms with van der Waals surface area (Å²) in [4.78, 5) is 40.0. The van der Waals surface area contributed by atoms with Crippen LogP contribution in [0.1, 0.15) is 32.8 Å². The number of benzene rings is 2. The lowest BCUT2D eigenvalue weighted by atomic mass is 9.99. The fourth-order valence-corrected chi connectivity index (χ4v) is 11.4. The number of thioether (sulfide) groups is 2. The molecule has 0 bridgehead atoms. The van der Waals surface area contributed by atoms with Gasteiger partial charge in [-0.15, -0.1) is 23.5 Å². The smallest absolute Gasteiger partial charge is 0.475 e. The summed E-state index contributed by atoms with van der Waals surface area (Å²) in [5, 5.41) is 39.3. The van der Waals surface area contributed by atoms with Crippen molar-refractivity contribution in [3.8, 4) is 33.9 Å². The van der Waals surface area contributed by atoms with Gasteiger partial charge in [-0.1, -0.05) is 69.5 Å². The van der Waals surface area contributed by atoms with Gasteiger partial charge in [-0.2, -0.15) is 49.7 Å². The third-order valence-electron chi connectivity index (χ3n) is 10.6. The molecule has 2 aliphatic heterocycles. The van der Waals surface area contributed by atoms with Crippen LogP contribution in [0, 0.1) is 0 Å². The topological polar surface area (TPSA) is 244 Å². The van der Waals surface area contributed by atoms with E-state index in [1.165, 1.54) is 12.5 Å². The number of aromatic nitrogens is 7. The van der Waals surface area contributed by atoms with E-state index >= 15 is 0 Å². The average molecular weight is 1290 g/mol. The molecule has 2 unspecified atom stereocenters. The van der Waals surface area contributed by atoms with Gasteiger partial charge in [0.2, 0.25) is 0 Å². The number of nitrogens with one attached hydrogen (secondary N) is 2. The predicted molar refractivity (Wildman–Crippen MR) is 286 cm³/mol. The molecule has 0 saturated carbocycles. The Hall–Kier alpha value is -6.60. The van der Waals surface area contributed by atoms with E-state index in [-0.39, 0.29) is 15.4 Å². The molecular formula is C48H41BrCl2F9N9O8S3. The van der Waals surface area contributed by atoms with Crippen LogP contribution in [0.15, 0.2) is 113 Å². The molecule has 0 saturated heterocycles. The maximum Gasteiger partial charge on any atom is 0.490 e. The third kappa shape index (κ3) is 17.2. The first-order valence-electron chi connectivity index (χ1n) is 22.3. The highest BCUT2D eigenvalue weighted by Crippen LogP contribution is 2.49. The van der Waals surface area contributed by atoms with E-state index < -0.39 is 46.3 Å². The molecule has 80 heavy (non-hydrogen) atoms. The molecule has 7 aromatic rings. The minimum atomic E-state index is -5.08. The number of aryl methyl sites for hydroxylation is 2. The number of alkyl halides is 9. The molecule has 2 atom stereocenters. The number of hydrogen-bond acceptors (Lipinski definition) is 14. The van der Waals surface area contributed by atoms with Crippen LogP contribution in [0.5, 0.6) is 0 Å².